The average molecular weight is 266 g/mol. The maximum absolute atomic E-state index is 11.1. The van der Waals surface area contributed by atoms with Crippen molar-refractivity contribution in [2.45, 2.75) is 0 Å². The number of rotatable bonds is 3. The van der Waals surface area contributed by atoms with Crippen molar-refractivity contribution in [3.8, 4) is 11.6 Å². The zero-order valence-corrected chi connectivity index (χ0v) is 10.4. The number of ether oxygens (including phenoxy) is 1. The van der Waals surface area contributed by atoms with Crippen molar-refractivity contribution in [1.29, 1.82) is 0 Å². The molecule has 5 nitrogen and oxygen atoms in total. The molecule has 0 radical (unpaired) electrons. The van der Waals surface area contributed by atoms with Crippen LogP contribution >= 0.6 is 0 Å². The van der Waals surface area contributed by atoms with Gasteiger partial charge < -0.3 is 9.84 Å². The topological polar surface area (TPSA) is 72.3 Å². The first-order chi connectivity index (χ1) is 9.74. The van der Waals surface area contributed by atoms with E-state index in [1.165, 1.54) is 12.3 Å². The monoisotopic (exact) mass is 266 g/mol. The van der Waals surface area contributed by atoms with E-state index in [9.17, 15) is 4.79 Å². The molecule has 0 saturated heterocycles. The standard InChI is InChI=1S/C15H10N2O3/c18-15(19)12-5-3-7-16-14(12)20-11-8-10-4-1-2-6-13(10)17-9-11/h1-9H,(H,18,19). The minimum absolute atomic E-state index is 0.0145. The highest BCUT2D eigenvalue weighted by Crippen LogP contribution is 2.25. The highest BCUT2D eigenvalue weighted by atomic mass is 16.5. The van der Waals surface area contributed by atoms with Crippen LogP contribution < -0.4 is 4.74 Å². The van der Waals surface area contributed by atoms with Crippen LogP contribution in [0.1, 0.15) is 10.4 Å². The largest absolute Gasteiger partial charge is 0.477 e. The van der Waals surface area contributed by atoms with Gasteiger partial charge in [0.1, 0.15) is 11.3 Å². The number of carboxylic acid groups (broad SMARTS) is 1. The summed E-state index contributed by atoms with van der Waals surface area (Å²) in [6.45, 7) is 0. The summed E-state index contributed by atoms with van der Waals surface area (Å²) >= 11 is 0. The fourth-order valence-electron chi connectivity index (χ4n) is 1.85. The zero-order chi connectivity index (χ0) is 13.9. The third-order valence-electron chi connectivity index (χ3n) is 2.78. The molecule has 3 aromatic rings. The van der Waals surface area contributed by atoms with E-state index < -0.39 is 5.97 Å². The molecule has 0 aliphatic heterocycles. The third-order valence-corrected chi connectivity index (χ3v) is 2.78. The number of fused-ring (bicyclic) bond motifs is 1. The molecule has 20 heavy (non-hydrogen) atoms. The molecule has 5 heteroatoms. The van der Waals surface area contributed by atoms with Crippen LogP contribution in [0.4, 0.5) is 0 Å². The van der Waals surface area contributed by atoms with Gasteiger partial charge in [-0.2, -0.15) is 0 Å². The van der Waals surface area contributed by atoms with Gasteiger partial charge in [-0.1, -0.05) is 18.2 Å². The van der Waals surface area contributed by atoms with E-state index >= 15 is 0 Å². The molecule has 0 amide bonds. The average Bonchev–Trinajstić information content (AvgIpc) is 2.47. The van der Waals surface area contributed by atoms with Gasteiger partial charge in [-0.05, 0) is 24.3 Å². The molecular formula is C15H10N2O3. The Morgan fingerprint density at radius 1 is 1.10 bits per heavy atom. The predicted octanol–water partition coefficient (Wildman–Crippen LogP) is 3.12. The summed E-state index contributed by atoms with van der Waals surface area (Å²) in [5, 5.41) is 9.99. The summed E-state index contributed by atoms with van der Waals surface area (Å²) in [6, 6.07) is 12.4. The molecule has 0 aliphatic rings. The zero-order valence-electron chi connectivity index (χ0n) is 10.4. The Kier molecular flexibility index (Phi) is 3.01. The summed E-state index contributed by atoms with van der Waals surface area (Å²) < 4.78 is 5.52. The molecule has 0 fully saturated rings. The van der Waals surface area contributed by atoms with E-state index in [0.717, 1.165) is 10.9 Å². The highest BCUT2D eigenvalue weighted by Gasteiger charge is 2.12. The first-order valence-corrected chi connectivity index (χ1v) is 5.95. The van der Waals surface area contributed by atoms with Gasteiger partial charge in [0.2, 0.25) is 5.88 Å². The van der Waals surface area contributed by atoms with E-state index in [1.54, 1.807) is 18.3 Å². The molecule has 1 aromatic carbocycles. The van der Waals surface area contributed by atoms with Gasteiger partial charge >= 0.3 is 5.97 Å². The number of hydrogen-bond acceptors (Lipinski definition) is 4. The van der Waals surface area contributed by atoms with Crippen LogP contribution in [0.3, 0.4) is 0 Å². The third kappa shape index (κ3) is 2.29. The number of carboxylic acids is 1. The highest BCUT2D eigenvalue weighted by molar-refractivity contribution is 5.90. The number of aromatic nitrogens is 2. The van der Waals surface area contributed by atoms with Crippen LogP contribution in [0.15, 0.2) is 54.9 Å². The smallest absolute Gasteiger partial charge is 0.341 e. The molecule has 0 aliphatic carbocycles. The van der Waals surface area contributed by atoms with Crippen molar-refractivity contribution in [3.63, 3.8) is 0 Å². The van der Waals surface area contributed by atoms with Crippen LogP contribution in [-0.4, -0.2) is 21.0 Å². The Morgan fingerprint density at radius 3 is 2.80 bits per heavy atom. The predicted molar refractivity (Wildman–Crippen MR) is 73.0 cm³/mol. The summed E-state index contributed by atoms with van der Waals surface area (Å²) in [5.74, 6) is -0.580. The van der Waals surface area contributed by atoms with Crippen LogP contribution in [0, 0.1) is 0 Å². The van der Waals surface area contributed by atoms with Crippen molar-refractivity contribution in [2.24, 2.45) is 0 Å². The number of para-hydroxylation sites is 1. The van der Waals surface area contributed by atoms with Crippen molar-refractivity contribution < 1.29 is 14.6 Å². The quantitative estimate of drug-likeness (QED) is 0.788. The second kappa shape index (κ2) is 4.97. The van der Waals surface area contributed by atoms with Crippen LogP contribution in [0.2, 0.25) is 0 Å². The molecule has 1 N–H and O–H groups in total. The number of aromatic carboxylic acids is 1. The number of carbonyl (C=O) groups is 1. The van der Waals surface area contributed by atoms with E-state index in [4.69, 9.17) is 9.84 Å². The van der Waals surface area contributed by atoms with Gasteiger partial charge in [0.25, 0.3) is 0 Å². The van der Waals surface area contributed by atoms with E-state index in [1.807, 2.05) is 24.3 Å². The van der Waals surface area contributed by atoms with Crippen molar-refractivity contribution >= 4 is 16.9 Å². The maximum Gasteiger partial charge on any atom is 0.341 e. The molecule has 0 atom stereocenters. The van der Waals surface area contributed by atoms with Crippen LogP contribution in [0.5, 0.6) is 11.6 Å². The normalized spacial score (nSPS) is 10.4. The fourth-order valence-corrected chi connectivity index (χ4v) is 1.85. The van der Waals surface area contributed by atoms with Crippen molar-refractivity contribution in [3.05, 3.63) is 60.4 Å². The molecule has 0 spiro atoms. The lowest BCUT2D eigenvalue weighted by Gasteiger charge is -2.07. The Labute approximate surface area is 114 Å². The van der Waals surface area contributed by atoms with Gasteiger partial charge in [0, 0.05) is 11.6 Å². The second-order valence-electron chi connectivity index (χ2n) is 4.13. The van der Waals surface area contributed by atoms with E-state index in [-0.39, 0.29) is 11.4 Å². The van der Waals surface area contributed by atoms with Crippen molar-refractivity contribution in [2.75, 3.05) is 0 Å². The van der Waals surface area contributed by atoms with Crippen molar-refractivity contribution in [1.82, 2.24) is 9.97 Å². The number of benzene rings is 1. The minimum Gasteiger partial charge on any atom is -0.477 e. The molecule has 0 saturated carbocycles. The molecule has 98 valence electrons. The number of hydrogen-bond donors (Lipinski definition) is 1. The Hall–Kier alpha value is -2.95. The Bertz CT molecular complexity index is 787. The minimum atomic E-state index is -1.08. The second-order valence-corrected chi connectivity index (χ2v) is 4.13. The lowest BCUT2D eigenvalue weighted by molar-refractivity contribution is 0.0693. The lowest BCUT2D eigenvalue weighted by atomic mass is 10.2. The molecule has 2 aromatic heterocycles. The van der Waals surface area contributed by atoms with E-state index in [2.05, 4.69) is 9.97 Å². The lowest BCUT2D eigenvalue weighted by Crippen LogP contribution is -2.01. The van der Waals surface area contributed by atoms with Gasteiger partial charge in [0.05, 0.1) is 11.7 Å². The Morgan fingerprint density at radius 2 is 1.95 bits per heavy atom. The summed E-state index contributed by atoms with van der Waals surface area (Å²) in [4.78, 5) is 19.3. The SMILES string of the molecule is O=C(O)c1cccnc1Oc1cnc2ccccc2c1. The molecule has 0 unspecified atom stereocenters. The van der Waals surface area contributed by atoms with Gasteiger partial charge in [-0.25, -0.2) is 9.78 Å². The fraction of sp³-hybridized carbons (Fsp3) is 0. The summed E-state index contributed by atoms with van der Waals surface area (Å²) in [5.41, 5.74) is 0.861. The van der Waals surface area contributed by atoms with E-state index in [0.29, 0.717) is 5.75 Å². The first kappa shape index (κ1) is 12.1. The van der Waals surface area contributed by atoms with Crippen LogP contribution in [-0.2, 0) is 0 Å². The number of nitrogens with zero attached hydrogens (tertiary/aromatic N) is 2. The van der Waals surface area contributed by atoms with Gasteiger partial charge in [-0.15, -0.1) is 0 Å². The summed E-state index contributed by atoms with van der Waals surface area (Å²) in [6.07, 6.45) is 3.03. The van der Waals surface area contributed by atoms with Gasteiger partial charge in [-0.3, -0.25) is 4.98 Å². The Balaban J connectivity index is 1.99. The van der Waals surface area contributed by atoms with Crippen LogP contribution in [0.25, 0.3) is 10.9 Å². The first-order valence-electron chi connectivity index (χ1n) is 5.95. The number of pyridine rings is 2. The molecule has 0 bridgehead atoms. The molecular weight excluding hydrogens is 256 g/mol. The summed E-state index contributed by atoms with van der Waals surface area (Å²) in [7, 11) is 0. The maximum atomic E-state index is 11.1. The molecule has 2 heterocycles. The molecule has 3 rings (SSSR count). The van der Waals surface area contributed by atoms with Gasteiger partial charge in [0.15, 0.2) is 0 Å².